The maximum Gasteiger partial charge on any atom is 0.410 e. The number of anilines is 1. The Morgan fingerprint density at radius 1 is 1.46 bits per heavy atom. The molecule has 0 unspecified atom stereocenters. The van der Waals surface area contributed by atoms with Crippen molar-refractivity contribution in [2.45, 2.75) is 26.1 Å². The summed E-state index contributed by atoms with van der Waals surface area (Å²) in [5.41, 5.74) is 1.80. The van der Waals surface area contributed by atoms with E-state index in [0.717, 1.165) is 25.9 Å². The highest BCUT2D eigenvalue weighted by Crippen LogP contribution is 2.41. The monoisotopic (exact) mass is 363 g/mol. The van der Waals surface area contributed by atoms with Gasteiger partial charge in [0.1, 0.15) is 11.2 Å². The van der Waals surface area contributed by atoms with Crippen molar-refractivity contribution in [3.63, 3.8) is 0 Å². The second kappa shape index (κ2) is 6.10. The van der Waals surface area contributed by atoms with E-state index in [-0.39, 0.29) is 18.2 Å². The van der Waals surface area contributed by atoms with E-state index < -0.39 is 0 Å². The van der Waals surface area contributed by atoms with Crippen LogP contribution in [-0.4, -0.2) is 30.1 Å². The predicted molar refractivity (Wildman–Crippen MR) is 93.6 cm³/mol. The molecule has 2 aliphatic heterocycles. The Morgan fingerprint density at radius 2 is 2.33 bits per heavy atom. The van der Waals surface area contributed by atoms with Crippen molar-refractivity contribution in [1.29, 1.82) is 0 Å². The number of hydrogen-bond donors (Lipinski definition) is 2. The van der Waals surface area contributed by atoms with Crippen LogP contribution < -0.4 is 10.6 Å². The molecular weight excluding hydrogens is 346 g/mol. The minimum absolute atomic E-state index is 0.0377. The molecule has 0 fully saturated rings. The zero-order valence-corrected chi connectivity index (χ0v) is 14.8. The van der Waals surface area contributed by atoms with Gasteiger partial charge in [0, 0.05) is 16.3 Å². The van der Waals surface area contributed by atoms with E-state index in [1.54, 1.807) is 34.5 Å². The number of carbonyl (C=O) groups is 2. The first-order valence-corrected chi connectivity index (χ1v) is 9.54. The molecule has 0 bridgehead atoms. The summed E-state index contributed by atoms with van der Waals surface area (Å²) in [7, 11) is 0. The van der Waals surface area contributed by atoms with Crippen molar-refractivity contribution in [3.8, 4) is 0 Å². The van der Waals surface area contributed by atoms with Crippen LogP contribution in [0.5, 0.6) is 0 Å². The maximum atomic E-state index is 12.6. The third kappa shape index (κ3) is 2.55. The predicted octanol–water partition coefficient (Wildman–Crippen LogP) is 3.18. The molecule has 0 spiro atoms. The second-order valence-electron chi connectivity index (χ2n) is 5.64. The highest BCUT2D eigenvalue weighted by Gasteiger charge is 2.34. The number of rotatable bonds is 2. The van der Waals surface area contributed by atoms with Crippen molar-refractivity contribution in [1.82, 2.24) is 10.2 Å². The van der Waals surface area contributed by atoms with Gasteiger partial charge in [0.2, 0.25) is 0 Å². The van der Waals surface area contributed by atoms with Crippen LogP contribution in [0.3, 0.4) is 0 Å². The van der Waals surface area contributed by atoms with E-state index in [1.807, 2.05) is 17.5 Å². The molecule has 0 saturated heterocycles. The highest BCUT2D eigenvalue weighted by molar-refractivity contribution is 7.16. The number of fused-ring (bicyclic) bond motifs is 3. The van der Waals surface area contributed by atoms with Crippen LogP contribution in [0.1, 0.15) is 38.8 Å². The Labute approximate surface area is 147 Å². The molecule has 2 aliphatic rings. The van der Waals surface area contributed by atoms with E-state index in [1.165, 1.54) is 0 Å². The van der Waals surface area contributed by atoms with Crippen LogP contribution in [0, 0.1) is 0 Å². The molecule has 2 amide bonds. The number of hydrogen-bond acceptors (Lipinski definition) is 6. The lowest BCUT2D eigenvalue weighted by molar-refractivity contribution is 0.0935. The molecule has 126 valence electrons. The van der Waals surface area contributed by atoms with Gasteiger partial charge in [-0.2, -0.15) is 0 Å². The van der Waals surface area contributed by atoms with Gasteiger partial charge in [-0.25, -0.2) is 4.79 Å². The van der Waals surface area contributed by atoms with Crippen molar-refractivity contribution < 1.29 is 14.3 Å². The zero-order chi connectivity index (χ0) is 16.7. The highest BCUT2D eigenvalue weighted by atomic mass is 32.1. The van der Waals surface area contributed by atoms with Gasteiger partial charge in [-0.3, -0.25) is 4.79 Å². The summed E-state index contributed by atoms with van der Waals surface area (Å²) in [4.78, 5) is 28.4. The van der Waals surface area contributed by atoms with Gasteiger partial charge < -0.3 is 20.3 Å². The minimum Gasteiger partial charge on any atom is -0.450 e. The van der Waals surface area contributed by atoms with Crippen LogP contribution in [-0.2, 0) is 17.7 Å². The fourth-order valence-corrected chi connectivity index (χ4v) is 5.10. The molecule has 24 heavy (non-hydrogen) atoms. The van der Waals surface area contributed by atoms with Crippen molar-refractivity contribution >= 4 is 39.7 Å². The molecule has 2 N–H and O–H groups in total. The first-order chi connectivity index (χ1) is 11.7. The summed E-state index contributed by atoms with van der Waals surface area (Å²) in [5, 5.41) is 9.34. The second-order valence-corrected chi connectivity index (χ2v) is 7.73. The standard InChI is InChI=1S/C16H17N3O3S2/c1-2-22-16(21)19-6-5-9-11(8-19)24-15-12(9)14(20)17-13(18-15)10-4-3-7-23-10/h3-4,7,13,18H,2,5-6,8H2,1H3,(H,17,20)/t13-/m1/s1. The van der Waals surface area contributed by atoms with E-state index in [0.29, 0.717) is 26.1 Å². The summed E-state index contributed by atoms with van der Waals surface area (Å²) in [5.74, 6) is -0.0377. The molecule has 0 radical (unpaired) electrons. The van der Waals surface area contributed by atoms with Crippen LogP contribution in [0.15, 0.2) is 17.5 Å². The molecule has 4 heterocycles. The average Bonchev–Trinajstić information content (AvgIpc) is 3.21. The number of ether oxygens (including phenoxy) is 1. The molecule has 2 aromatic heterocycles. The zero-order valence-electron chi connectivity index (χ0n) is 13.1. The molecule has 4 rings (SSSR count). The third-order valence-corrected chi connectivity index (χ3v) is 6.27. The lowest BCUT2D eigenvalue weighted by Gasteiger charge is -2.27. The lowest BCUT2D eigenvalue weighted by Crippen LogP contribution is -2.39. The molecule has 2 aromatic rings. The maximum absolute atomic E-state index is 12.6. The molecule has 0 aromatic carbocycles. The molecule has 6 nitrogen and oxygen atoms in total. The van der Waals surface area contributed by atoms with Crippen LogP contribution in [0.4, 0.5) is 9.80 Å². The fraction of sp³-hybridized carbons (Fsp3) is 0.375. The number of nitrogens with zero attached hydrogens (tertiary/aromatic N) is 1. The van der Waals surface area contributed by atoms with E-state index in [4.69, 9.17) is 4.74 Å². The summed E-state index contributed by atoms with van der Waals surface area (Å²) in [6, 6.07) is 3.98. The number of thiophene rings is 2. The van der Waals surface area contributed by atoms with Gasteiger partial charge in [0.25, 0.3) is 5.91 Å². The first-order valence-electron chi connectivity index (χ1n) is 7.84. The molecular formula is C16H17N3O3S2. The van der Waals surface area contributed by atoms with Gasteiger partial charge in [-0.05, 0) is 30.4 Å². The molecule has 8 heteroatoms. The van der Waals surface area contributed by atoms with Crippen molar-refractivity contribution in [2.24, 2.45) is 0 Å². The summed E-state index contributed by atoms with van der Waals surface area (Å²) in [6.45, 7) is 3.26. The van der Waals surface area contributed by atoms with Crippen molar-refractivity contribution in [2.75, 3.05) is 18.5 Å². The Kier molecular flexibility index (Phi) is 3.93. The number of nitrogens with one attached hydrogen (secondary N) is 2. The van der Waals surface area contributed by atoms with Crippen LogP contribution >= 0.6 is 22.7 Å². The van der Waals surface area contributed by atoms with Gasteiger partial charge in [-0.1, -0.05) is 6.07 Å². The quantitative estimate of drug-likeness (QED) is 0.860. The Bertz CT molecular complexity index is 785. The van der Waals surface area contributed by atoms with E-state index in [9.17, 15) is 9.59 Å². The smallest absolute Gasteiger partial charge is 0.410 e. The number of carbonyl (C=O) groups excluding carboxylic acids is 2. The minimum atomic E-state index is -0.289. The summed E-state index contributed by atoms with van der Waals surface area (Å²) >= 11 is 3.17. The third-order valence-electron chi connectivity index (χ3n) is 4.19. The lowest BCUT2D eigenvalue weighted by atomic mass is 10.0. The Balaban J connectivity index is 1.61. The van der Waals surface area contributed by atoms with E-state index >= 15 is 0 Å². The molecule has 1 atom stereocenters. The number of amides is 2. The van der Waals surface area contributed by atoms with Gasteiger partial charge in [-0.15, -0.1) is 22.7 Å². The average molecular weight is 363 g/mol. The topological polar surface area (TPSA) is 70.7 Å². The van der Waals surface area contributed by atoms with Gasteiger partial charge in [0.05, 0.1) is 18.7 Å². The van der Waals surface area contributed by atoms with Gasteiger partial charge >= 0.3 is 6.09 Å². The van der Waals surface area contributed by atoms with Crippen LogP contribution in [0.2, 0.25) is 0 Å². The largest absolute Gasteiger partial charge is 0.450 e. The SMILES string of the molecule is CCOC(=O)N1CCc2c(sc3c2C(=O)N[C@@H](c2cccs2)N3)C1. The normalized spacial score (nSPS) is 19.1. The first kappa shape index (κ1) is 15.5. The van der Waals surface area contributed by atoms with Crippen molar-refractivity contribution in [3.05, 3.63) is 38.4 Å². The summed E-state index contributed by atoms with van der Waals surface area (Å²) in [6.07, 6.45) is 0.202. The summed E-state index contributed by atoms with van der Waals surface area (Å²) < 4.78 is 5.08. The fourth-order valence-electron chi connectivity index (χ4n) is 3.08. The van der Waals surface area contributed by atoms with Crippen LogP contribution in [0.25, 0.3) is 0 Å². The van der Waals surface area contributed by atoms with E-state index in [2.05, 4.69) is 10.6 Å². The van der Waals surface area contributed by atoms with Gasteiger partial charge in [0.15, 0.2) is 0 Å². The molecule has 0 saturated carbocycles. The Hall–Kier alpha value is -2.06. The Morgan fingerprint density at radius 3 is 3.08 bits per heavy atom. The molecule has 0 aliphatic carbocycles.